The Morgan fingerprint density at radius 2 is 1.93 bits per heavy atom. The van der Waals surface area contributed by atoms with Crippen molar-refractivity contribution in [2.24, 2.45) is 0 Å². The first kappa shape index (κ1) is 19.3. The topological polar surface area (TPSA) is 75.7 Å². The van der Waals surface area contributed by atoms with Crippen LogP contribution in [0, 0.1) is 0 Å². The molecule has 29 heavy (non-hydrogen) atoms. The molecule has 3 saturated heterocycles. The number of carbonyl (C=O) groups excluding carboxylic acids is 1. The van der Waals surface area contributed by atoms with Gasteiger partial charge in [-0.15, -0.1) is 0 Å². The minimum Gasteiger partial charge on any atom is -0.474 e. The number of piperidine rings is 2. The van der Waals surface area contributed by atoms with E-state index in [-0.39, 0.29) is 17.6 Å². The molecule has 2 N–H and O–H groups in total. The number of hydrogen-bond donors (Lipinski definition) is 2. The van der Waals surface area contributed by atoms with Crippen LogP contribution in [-0.4, -0.2) is 66.3 Å². The van der Waals surface area contributed by atoms with Gasteiger partial charge < -0.3 is 25.0 Å². The highest BCUT2D eigenvalue weighted by molar-refractivity contribution is 5.83. The fourth-order valence-corrected chi connectivity index (χ4v) is 4.98. The largest absolute Gasteiger partial charge is 0.474 e. The maximum absolute atomic E-state index is 12.4. The molecule has 5 rings (SSSR count). The molecule has 4 fully saturated rings. The van der Waals surface area contributed by atoms with Gasteiger partial charge in [-0.2, -0.15) is 0 Å². The minimum atomic E-state index is -0.589. The Balaban J connectivity index is 1.18. The Morgan fingerprint density at radius 3 is 2.59 bits per heavy atom. The van der Waals surface area contributed by atoms with Gasteiger partial charge >= 0.3 is 0 Å². The lowest BCUT2D eigenvalue weighted by Gasteiger charge is -2.43. The van der Waals surface area contributed by atoms with Gasteiger partial charge in [-0.25, -0.2) is 4.98 Å². The molecule has 1 spiro atoms. The van der Waals surface area contributed by atoms with Crippen LogP contribution >= 0.6 is 0 Å². The van der Waals surface area contributed by atoms with E-state index in [1.165, 1.54) is 19.3 Å². The van der Waals surface area contributed by atoms with Crippen LogP contribution in [0.25, 0.3) is 0 Å². The van der Waals surface area contributed by atoms with Crippen molar-refractivity contribution in [3.63, 3.8) is 0 Å². The molecule has 1 unspecified atom stereocenters. The van der Waals surface area contributed by atoms with Crippen LogP contribution in [0.3, 0.4) is 0 Å². The number of likely N-dealkylation sites (tertiary alicyclic amines) is 1. The highest BCUT2D eigenvalue weighted by atomic mass is 16.5. The van der Waals surface area contributed by atoms with Gasteiger partial charge in [0.25, 0.3) is 5.91 Å². The van der Waals surface area contributed by atoms with E-state index in [9.17, 15) is 4.79 Å². The summed E-state index contributed by atoms with van der Waals surface area (Å²) < 4.78 is 12.4. The Labute approximate surface area is 172 Å². The summed E-state index contributed by atoms with van der Waals surface area (Å²) in [6.45, 7) is 4.69. The summed E-state index contributed by atoms with van der Waals surface area (Å²) in [6.07, 6.45) is 9.45. The van der Waals surface area contributed by atoms with Gasteiger partial charge in [0.15, 0.2) is 6.10 Å². The van der Waals surface area contributed by atoms with Crippen LogP contribution in [-0.2, 0) is 9.53 Å². The molecule has 1 aromatic heterocycles. The second kappa shape index (κ2) is 8.20. The lowest BCUT2D eigenvalue weighted by Crippen LogP contribution is -2.57. The maximum atomic E-state index is 12.4. The van der Waals surface area contributed by atoms with E-state index in [0.29, 0.717) is 12.4 Å². The second-order valence-electron chi connectivity index (χ2n) is 9.02. The first-order valence-electron chi connectivity index (χ1n) is 11.2. The van der Waals surface area contributed by atoms with Crippen molar-refractivity contribution in [1.82, 2.24) is 20.5 Å². The van der Waals surface area contributed by atoms with Crippen LogP contribution < -0.4 is 15.4 Å². The van der Waals surface area contributed by atoms with Gasteiger partial charge in [0.05, 0.1) is 5.60 Å². The van der Waals surface area contributed by atoms with Crippen molar-refractivity contribution in [2.75, 3.05) is 32.7 Å². The van der Waals surface area contributed by atoms with Crippen molar-refractivity contribution in [2.45, 2.75) is 68.8 Å². The van der Waals surface area contributed by atoms with Crippen LogP contribution in [0.1, 0.15) is 56.6 Å². The standard InChI is InChI=1S/C22H32N4O3/c27-21-20(29-22(15-25-21)8-10-23-11-9-22)16-4-5-19(24-14-16)28-18-6-12-26(13-7-18)17-2-1-3-17/h4-5,14,17-18,20,23H,1-3,6-13,15H2,(H,25,27). The molecule has 7 heteroatoms. The predicted molar refractivity (Wildman–Crippen MR) is 109 cm³/mol. The summed E-state index contributed by atoms with van der Waals surface area (Å²) in [5, 5.41) is 6.40. The van der Waals surface area contributed by atoms with Crippen molar-refractivity contribution in [1.29, 1.82) is 0 Å². The van der Waals surface area contributed by atoms with Gasteiger partial charge in [0, 0.05) is 43.5 Å². The molecule has 158 valence electrons. The number of rotatable bonds is 4. The zero-order valence-corrected chi connectivity index (χ0v) is 17.1. The van der Waals surface area contributed by atoms with E-state index < -0.39 is 6.10 Å². The van der Waals surface area contributed by atoms with Crippen molar-refractivity contribution >= 4 is 5.91 Å². The third-order valence-electron chi connectivity index (χ3n) is 7.12. The van der Waals surface area contributed by atoms with Crippen LogP contribution in [0.5, 0.6) is 5.88 Å². The SMILES string of the molecule is O=C1NCC2(CCNCC2)OC1c1ccc(OC2CCN(C3CCC3)CC2)nc1. The van der Waals surface area contributed by atoms with Gasteiger partial charge in [-0.3, -0.25) is 4.79 Å². The zero-order chi connectivity index (χ0) is 19.7. The molecule has 0 radical (unpaired) electrons. The van der Waals surface area contributed by atoms with Gasteiger partial charge in [0.2, 0.25) is 5.88 Å². The van der Waals surface area contributed by atoms with Crippen molar-refractivity contribution in [3.05, 3.63) is 23.9 Å². The Hall–Kier alpha value is -1.70. The zero-order valence-electron chi connectivity index (χ0n) is 17.1. The molecule has 0 bridgehead atoms. The van der Waals surface area contributed by atoms with Crippen LogP contribution in [0.15, 0.2) is 18.3 Å². The third kappa shape index (κ3) is 4.13. The number of nitrogens with one attached hydrogen (secondary N) is 2. The molecule has 1 aromatic rings. The third-order valence-corrected chi connectivity index (χ3v) is 7.12. The van der Waals surface area contributed by atoms with Gasteiger partial charge in [-0.05, 0) is 57.7 Å². The quantitative estimate of drug-likeness (QED) is 0.803. The molecule has 1 saturated carbocycles. The summed E-state index contributed by atoms with van der Waals surface area (Å²) in [5.74, 6) is 0.566. The number of amides is 1. The lowest BCUT2D eigenvalue weighted by molar-refractivity contribution is -0.167. The Kier molecular flexibility index (Phi) is 5.45. The summed E-state index contributed by atoms with van der Waals surface area (Å²) >= 11 is 0. The van der Waals surface area contributed by atoms with E-state index in [1.54, 1.807) is 6.20 Å². The first-order chi connectivity index (χ1) is 14.2. The minimum absolute atomic E-state index is 0.0759. The fourth-order valence-electron chi connectivity index (χ4n) is 4.98. The van der Waals surface area contributed by atoms with Gasteiger partial charge in [-0.1, -0.05) is 6.42 Å². The molecule has 1 amide bonds. The van der Waals surface area contributed by atoms with E-state index in [2.05, 4.69) is 20.5 Å². The fraction of sp³-hybridized carbons (Fsp3) is 0.727. The molecule has 4 heterocycles. The maximum Gasteiger partial charge on any atom is 0.253 e. The highest BCUT2D eigenvalue weighted by Gasteiger charge is 2.42. The normalized spacial score (nSPS) is 28.7. The molecule has 1 atom stereocenters. The van der Waals surface area contributed by atoms with E-state index in [0.717, 1.165) is 63.5 Å². The number of carbonyl (C=O) groups is 1. The first-order valence-corrected chi connectivity index (χ1v) is 11.2. The Morgan fingerprint density at radius 1 is 1.14 bits per heavy atom. The lowest BCUT2D eigenvalue weighted by atomic mass is 9.89. The highest BCUT2D eigenvalue weighted by Crippen LogP contribution is 2.34. The smallest absolute Gasteiger partial charge is 0.253 e. The number of pyridine rings is 1. The number of morpholine rings is 1. The number of hydrogen-bond acceptors (Lipinski definition) is 6. The average Bonchev–Trinajstić information content (AvgIpc) is 2.72. The van der Waals surface area contributed by atoms with E-state index in [1.807, 2.05) is 12.1 Å². The molecular formula is C22H32N4O3. The number of nitrogens with zero attached hydrogens (tertiary/aromatic N) is 2. The average molecular weight is 401 g/mol. The van der Waals surface area contributed by atoms with Crippen LogP contribution in [0.2, 0.25) is 0 Å². The second-order valence-corrected chi connectivity index (χ2v) is 9.02. The number of aromatic nitrogens is 1. The summed E-state index contributed by atoms with van der Waals surface area (Å²) in [5.41, 5.74) is 0.542. The molecule has 4 aliphatic rings. The van der Waals surface area contributed by atoms with Crippen LogP contribution in [0.4, 0.5) is 0 Å². The van der Waals surface area contributed by atoms with Gasteiger partial charge in [0.1, 0.15) is 6.10 Å². The van der Waals surface area contributed by atoms with Crippen molar-refractivity contribution < 1.29 is 14.3 Å². The van der Waals surface area contributed by atoms with E-state index >= 15 is 0 Å². The molecule has 0 aromatic carbocycles. The summed E-state index contributed by atoms with van der Waals surface area (Å²) in [6, 6.07) is 4.63. The number of ether oxygens (including phenoxy) is 2. The van der Waals surface area contributed by atoms with Crippen molar-refractivity contribution in [3.8, 4) is 5.88 Å². The molecular weight excluding hydrogens is 368 g/mol. The predicted octanol–water partition coefficient (Wildman–Crippen LogP) is 1.79. The molecule has 1 aliphatic carbocycles. The van der Waals surface area contributed by atoms with E-state index in [4.69, 9.17) is 9.47 Å². The monoisotopic (exact) mass is 400 g/mol. The molecule has 7 nitrogen and oxygen atoms in total. The molecule has 3 aliphatic heterocycles. The summed E-state index contributed by atoms with van der Waals surface area (Å²) in [7, 11) is 0. The summed E-state index contributed by atoms with van der Waals surface area (Å²) in [4.78, 5) is 19.5. The Bertz CT molecular complexity index is 707.